The molecule has 1 fully saturated rings. The Morgan fingerprint density at radius 3 is 2.57 bits per heavy atom. The summed E-state index contributed by atoms with van der Waals surface area (Å²) < 4.78 is 41.8. The van der Waals surface area contributed by atoms with Crippen LogP contribution in [0.5, 0.6) is 0 Å². The molecule has 3 aromatic heterocycles. The van der Waals surface area contributed by atoms with E-state index in [2.05, 4.69) is 15.1 Å². The van der Waals surface area contributed by atoms with Gasteiger partial charge in [0.25, 0.3) is 5.91 Å². The molecule has 0 unspecified atom stereocenters. The minimum atomic E-state index is -4.56. The summed E-state index contributed by atoms with van der Waals surface area (Å²) in [5.41, 5.74) is 0.751. The van der Waals surface area contributed by atoms with Gasteiger partial charge in [-0.3, -0.25) is 4.79 Å². The van der Waals surface area contributed by atoms with Crippen molar-refractivity contribution in [3.05, 3.63) is 44.8 Å². The minimum Gasteiger partial charge on any atom is -0.329 e. The standard InChI is InChI=1S/C20H22F3N5OS/c1-10(2)13-8-16(20(21,22)23)28-17(25-13)9-14(26-28)15-6-5-7-27(15)19(29)18-11(3)24-12(4)30-18/h8-10,15H,5-7H2,1-4H3/t15-/m0/s1. The average molecular weight is 437 g/mol. The number of hydrogen-bond acceptors (Lipinski definition) is 5. The molecular weight excluding hydrogens is 415 g/mol. The Hall–Kier alpha value is -2.49. The van der Waals surface area contributed by atoms with Crippen molar-refractivity contribution in [2.45, 2.75) is 58.7 Å². The molecule has 0 aliphatic carbocycles. The molecule has 0 N–H and O–H groups in total. The van der Waals surface area contributed by atoms with Crippen LogP contribution in [0.2, 0.25) is 0 Å². The van der Waals surface area contributed by atoms with Gasteiger partial charge in [0.2, 0.25) is 0 Å². The zero-order chi connectivity index (χ0) is 21.8. The lowest BCUT2D eigenvalue weighted by atomic mass is 10.1. The van der Waals surface area contributed by atoms with Crippen molar-refractivity contribution >= 4 is 22.9 Å². The van der Waals surface area contributed by atoms with Gasteiger partial charge in [0, 0.05) is 18.3 Å². The molecule has 0 spiro atoms. The van der Waals surface area contributed by atoms with E-state index >= 15 is 0 Å². The van der Waals surface area contributed by atoms with Gasteiger partial charge in [-0.1, -0.05) is 13.8 Å². The van der Waals surface area contributed by atoms with Crippen molar-refractivity contribution in [1.29, 1.82) is 0 Å². The van der Waals surface area contributed by atoms with E-state index in [-0.39, 0.29) is 23.5 Å². The molecule has 0 aromatic carbocycles. The SMILES string of the molecule is Cc1nc(C)c(C(=O)N2CCC[C@H]2c2cc3nc(C(C)C)cc(C(F)(F)F)n3n2)s1. The lowest BCUT2D eigenvalue weighted by molar-refractivity contribution is -0.142. The molecule has 1 saturated heterocycles. The fraction of sp³-hybridized carbons (Fsp3) is 0.500. The molecule has 0 radical (unpaired) electrons. The third-order valence-electron chi connectivity index (χ3n) is 5.30. The molecule has 1 aliphatic rings. The second-order valence-corrected chi connectivity index (χ2v) is 9.07. The Labute approximate surface area is 175 Å². The second kappa shape index (κ2) is 7.33. The Balaban J connectivity index is 1.77. The number of carbonyl (C=O) groups is 1. The molecule has 30 heavy (non-hydrogen) atoms. The van der Waals surface area contributed by atoms with Crippen molar-refractivity contribution in [3.63, 3.8) is 0 Å². The van der Waals surface area contributed by atoms with Gasteiger partial charge >= 0.3 is 6.18 Å². The normalized spacial score (nSPS) is 17.5. The first kappa shape index (κ1) is 20.8. The van der Waals surface area contributed by atoms with E-state index < -0.39 is 11.9 Å². The summed E-state index contributed by atoms with van der Waals surface area (Å²) in [6.45, 7) is 7.76. The Morgan fingerprint density at radius 1 is 1.23 bits per heavy atom. The zero-order valence-corrected chi connectivity index (χ0v) is 17.9. The van der Waals surface area contributed by atoms with E-state index in [0.717, 1.165) is 22.0 Å². The van der Waals surface area contributed by atoms with Crippen LogP contribution < -0.4 is 0 Å². The summed E-state index contributed by atoms with van der Waals surface area (Å²) in [5, 5.41) is 5.05. The fourth-order valence-electron chi connectivity index (χ4n) is 3.85. The third kappa shape index (κ3) is 3.57. The molecule has 1 amide bonds. The number of hydrogen-bond donors (Lipinski definition) is 0. The topological polar surface area (TPSA) is 63.4 Å². The number of halogens is 3. The number of nitrogens with zero attached hydrogens (tertiary/aromatic N) is 5. The lowest BCUT2D eigenvalue weighted by Gasteiger charge is -2.22. The molecule has 1 atom stereocenters. The van der Waals surface area contributed by atoms with Gasteiger partial charge in [0.1, 0.15) is 10.6 Å². The highest BCUT2D eigenvalue weighted by atomic mass is 32.1. The summed E-state index contributed by atoms with van der Waals surface area (Å²) in [7, 11) is 0. The smallest absolute Gasteiger partial charge is 0.329 e. The number of rotatable bonds is 3. The quantitative estimate of drug-likeness (QED) is 0.583. The van der Waals surface area contributed by atoms with E-state index in [1.807, 2.05) is 6.92 Å². The number of aryl methyl sites for hydroxylation is 2. The number of amides is 1. The van der Waals surface area contributed by atoms with Crippen LogP contribution in [0, 0.1) is 13.8 Å². The van der Waals surface area contributed by atoms with Gasteiger partial charge in [-0.25, -0.2) is 14.5 Å². The molecular formula is C20H22F3N5OS. The maximum atomic E-state index is 13.7. The molecule has 4 heterocycles. The van der Waals surface area contributed by atoms with Gasteiger partial charge in [0.15, 0.2) is 5.65 Å². The lowest BCUT2D eigenvalue weighted by Crippen LogP contribution is -2.30. The predicted molar refractivity (Wildman–Crippen MR) is 107 cm³/mol. The fourth-order valence-corrected chi connectivity index (χ4v) is 4.73. The first-order valence-corrected chi connectivity index (χ1v) is 10.6. The third-order valence-corrected chi connectivity index (χ3v) is 6.36. The summed E-state index contributed by atoms with van der Waals surface area (Å²) in [6.07, 6.45) is -3.15. The minimum absolute atomic E-state index is 0.146. The van der Waals surface area contributed by atoms with Crippen molar-refractivity contribution < 1.29 is 18.0 Å². The summed E-state index contributed by atoms with van der Waals surface area (Å²) >= 11 is 1.33. The maximum absolute atomic E-state index is 13.7. The highest BCUT2D eigenvalue weighted by molar-refractivity contribution is 7.13. The number of carbonyl (C=O) groups excluding carboxylic acids is 1. The summed E-state index contributed by atoms with van der Waals surface area (Å²) in [6, 6.07) is 2.24. The number of aromatic nitrogens is 4. The van der Waals surface area contributed by atoms with Crippen LogP contribution in [-0.2, 0) is 6.18 Å². The maximum Gasteiger partial charge on any atom is 0.433 e. The van der Waals surface area contributed by atoms with Crippen molar-refractivity contribution in [2.24, 2.45) is 0 Å². The Bertz CT molecular complexity index is 1120. The summed E-state index contributed by atoms with van der Waals surface area (Å²) in [4.78, 5) is 24.1. The molecule has 0 bridgehead atoms. The number of likely N-dealkylation sites (tertiary alicyclic amines) is 1. The molecule has 4 rings (SSSR count). The van der Waals surface area contributed by atoms with Gasteiger partial charge in [-0.15, -0.1) is 11.3 Å². The van der Waals surface area contributed by atoms with Crippen LogP contribution in [0.25, 0.3) is 5.65 Å². The van der Waals surface area contributed by atoms with Crippen molar-refractivity contribution in [2.75, 3.05) is 6.54 Å². The van der Waals surface area contributed by atoms with Crippen LogP contribution >= 0.6 is 11.3 Å². The monoisotopic (exact) mass is 437 g/mol. The van der Waals surface area contributed by atoms with E-state index in [0.29, 0.717) is 34.9 Å². The molecule has 160 valence electrons. The van der Waals surface area contributed by atoms with Crippen LogP contribution in [0.4, 0.5) is 13.2 Å². The number of alkyl halides is 3. The first-order chi connectivity index (χ1) is 14.1. The van der Waals surface area contributed by atoms with Gasteiger partial charge in [-0.2, -0.15) is 18.3 Å². The second-order valence-electron chi connectivity index (χ2n) is 7.86. The van der Waals surface area contributed by atoms with Crippen LogP contribution in [0.1, 0.15) is 76.1 Å². The first-order valence-electron chi connectivity index (χ1n) is 9.79. The Kier molecular flexibility index (Phi) is 5.08. The molecule has 3 aromatic rings. The van der Waals surface area contributed by atoms with Crippen LogP contribution in [0.15, 0.2) is 12.1 Å². The van der Waals surface area contributed by atoms with E-state index in [9.17, 15) is 18.0 Å². The van der Waals surface area contributed by atoms with E-state index in [4.69, 9.17) is 0 Å². The summed E-state index contributed by atoms with van der Waals surface area (Å²) in [5.74, 6) is -0.305. The molecule has 0 saturated carbocycles. The van der Waals surface area contributed by atoms with Gasteiger partial charge in [0.05, 0.1) is 22.4 Å². The van der Waals surface area contributed by atoms with Gasteiger partial charge < -0.3 is 4.90 Å². The number of fused-ring (bicyclic) bond motifs is 1. The molecule has 6 nitrogen and oxygen atoms in total. The van der Waals surface area contributed by atoms with Crippen molar-refractivity contribution in [3.8, 4) is 0 Å². The highest BCUT2D eigenvalue weighted by Crippen LogP contribution is 2.36. The van der Waals surface area contributed by atoms with E-state index in [1.54, 1.807) is 31.7 Å². The predicted octanol–water partition coefficient (Wildman–Crippen LogP) is 4.92. The number of thiazole rings is 1. The highest BCUT2D eigenvalue weighted by Gasteiger charge is 2.38. The zero-order valence-electron chi connectivity index (χ0n) is 17.1. The van der Waals surface area contributed by atoms with Crippen molar-refractivity contribution in [1.82, 2.24) is 24.5 Å². The molecule has 10 heteroatoms. The molecule has 1 aliphatic heterocycles. The largest absolute Gasteiger partial charge is 0.433 e. The van der Waals surface area contributed by atoms with E-state index in [1.165, 1.54) is 11.3 Å². The average Bonchev–Trinajstić information content (AvgIpc) is 3.36. The Morgan fingerprint density at radius 2 is 1.97 bits per heavy atom. The van der Waals surface area contributed by atoms with Gasteiger partial charge in [-0.05, 0) is 38.7 Å². The van der Waals surface area contributed by atoms with Crippen LogP contribution in [0.3, 0.4) is 0 Å². The van der Waals surface area contributed by atoms with Crippen LogP contribution in [-0.4, -0.2) is 36.9 Å².